The third-order valence-corrected chi connectivity index (χ3v) is 11.5. The third-order valence-electron chi connectivity index (χ3n) is 9.99. The second kappa shape index (κ2) is 16.3. The van der Waals surface area contributed by atoms with Gasteiger partial charge in [0.05, 0.1) is 36.5 Å². The van der Waals surface area contributed by atoms with Gasteiger partial charge in [0.25, 0.3) is 5.91 Å². The average molecular weight is 779 g/mol. The highest BCUT2D eigenvalue weighted by Gasteiger charge is 2.31. The smallest absolute Gasteiger partial charge is 0.324 e. The monoisotopic (exact) mass is 778 g/mol. The van der Waals surface area contributed by atoms with Crippen LogP contribution in [0.15, 0.2) is 85.1 Å². The number of ether oxygens (including phenoxy) is 3. The average Bonchev–Trinajstić information content (AvgIpc) is 3.15. The summed E-state index contributed by atoms with van der Waals surface area (Å²) in [7, 11) is 2.28. The number of piperidine rings is 1. The van der Waals surface area contributed by atoms with Gasteiger partial charge in [-0.3, -0.25) is 9.69 Å². The van der Waals surface area contributed by atoms with Crippen molar-refractivity contribution in [1.82, 2.24) is 15.2 Å². The maximum absolute atomic E-state index is 13.6. The minimum atomic E-state index is -2.85. The number of pyridine rings is 1. The Morgan fingerprint density at radius 3 is 2.25 bits per heavy atom. The first-order chi connectivity index (χ1) is 26.6. The molecule has 294 valence electrons. The summed E-state index contributed by atoms with van der Waals surface area (Å²) >= 11 is 0. The Balaban J connectivity index is 1.29. The Bertz CT molecular complexity index is 2310. The van der Waals surface area contributed by atoms with Gasteiger partial charge >= 0.3 is 6.03 Å². The molecule has 13 heteroatoms. The van der Waals surface area contributed by atoms with Crippen molar-refractivity contribution in [3.8, 4) is 23.0 Å². The zero-order valence-corrected chi connectivity index (χ0v) is 34.2. The SMILES string of the molecule is COc1cc(Nc2cc(Oc3ccc(N(C(N)=O)c4cc(C(C)(C)C)cc(P(C)(C)=O)c4OC)c4ccccc34)ccn2)ccc1C(=O)NC1CCN(C)CC1. The number of urea groups is 1. The molecule has 12 nitrogen and oxygen atoms in total. The molecular weight excluding hydrogens is 727 g/mol. The summed E-state index contributed by atoms with van der Waals surface area (Å²) in [6.07, 6.45) is 3.45. The molecule has 4 aromatic carbocycles. The van der Waals surface area contributed by atoms with Crippen LogP contribution in [0.2, 0.25) is 0 Å². The normalized spacial score (nSPS) is 13.9. The summed E-state index contributed by atoms with van der Waals surface area (Å²) in [4.78, 5) is 34.7. The lowest BCUT2D eigenvalue weighted by Gasteiger charge is -2.30. The van der Waals surface area contributed by atoms with Gasteiger partial charge in [-0.25, -0.2) is 9.78 Å². The Hall–Kier alpha value is -5.58. The number of methoxy groups -OCH3 is 2. The minimum absolute atomic E-state index is 0.129. The predicted octanol–water partition coefficient (Wildman–Crippen LogP) is 8.37. The number of hydrogen-bond donors (Lipinski definition) is 3. The van der Waals surface area contributed by atoms with E-state index in [-0.39, 0.29) is 17.4 Å². The van der Waals surface area contributed by atoms with Crippen LogP contribution in [0.3, 0.4) is 0 Å². The Morgan fingerprint density at radius 2 is 1.61 bits per heavy atom. The number of hydrogen-bond acceptors (Lipinski definition) is 9. The quantitative estimate of drug-likeness (QED) is 0.113. The number of benzene rings is 4. The zero-order chi connectivity index (χ0) is 40.4. The Morgan fingerprint density at radius 1 is 0.893 bits per heavy atom. The second-order valence-electron chi connectivity index (χ2n) is 15.5. The highest BCUT2D eigenvalue weighted by Crippen LogP contribution is 2.47. The van der Waals surface area contributed by atoms with Crippen LogP contribution in [-0.2, 0) is 9.98 Å². The molecule has 4 N–H and O–H groups in total. The van der Waals surface area contributed by atoms with Crippen molar-refractivity contribution in [2.45, 2.75) is 45.1 Å². The van der Waals surface area contributed by atoms with Gasteiger partial charge in [-0.2, -0.15) is 0 Å². The van der Waals surface area contributed by atoms with Crippen LogP contribution >= 0.6 is 7.14 Å². The number of primary amides is 1. The Labute approximate surface area is 328 Å². The molecule has 56 heavy (non-hydrogen) atoms. The zero-order valence-electron chi connectivity index (χ0n) is 33.3. The fraction of sp³-hybridized carbons (Fsp3) is 0.326. The van der Waals surface area contributed by atoms with Gasteiger partial charge < -0.3 is 40.0 Å². The molecular formula is C43H51N6O6P. The number of carbonyl (C=O) groups excluding carboxylic acids is 2. The summed E-state index contributed by atoms with van der Waals surface area (Å²) in [5.41, 5.74) is 8.75. The van der Waals surface area contributed by atoms with E-state index in [1.54, 1.807) is 63.0 Å². The lowest BCUT2D eigenvalue weighted by molar-refractivity contribution is 0.0913. The predicted molar refractivity (Wildman–Crippen MR) is 225 cm³/mol. The first kappa shape index (κ1) is 40.1. The molecule has 3 amide bonds. The van der Waals surface area contributed by atoms with Gasteiger partial charge in [-0.15, -0.1) is 0 Å². The van der Waals surface area contributed by atoms with Gasteiger partial charge in [-0.1, -0.05) is 45.0 Å². The molecule has 0 aliphatic carbocycles. The Kier molecular flexibility index (Phi) is 11.6. The fourth-order valence-corrected chi connectivity index (χ4v) is 8.05. The van der Waals surface area contributed by atoms with E-state index in [1.807, 2.05) is 42.5 Å². The van der Waals surface area contributed by atoms with E-state index < -0.39 is 13.2 Å². The summed E-state index contributed by atoms with van der Waals surface area (Å²) < 4.78 is 31.5. The molecule has 6 rings (SSSR count). The topological polar surface area (TPSA) is 148 Å². The maximum atomic E-state index is 13.6. The number of nitrogens with zero attached hydrogens (tertiary/aromatic N) is 3. The summed E-state index contributed by atoms with van der Waals surface area (Å²) in [5.74, 6) is 2.18. The lowest BCUT2D eigenvalue weighted by Crippen LogP contribution is -2.43. The molecule has 0 radical (unpaired) electrons. The molecule has 0 unspecified atom stereocenters. The largest absolute Gasteiger partial charge is 0.496 e. The molecule has 1 aliphatic heterocycles. The van der Waals surface area contributed by atoms with Crippen LogP contribution in [-0.4, -0.2) is 75.6 Å². The van der Waals surface area contributed by atoms with Crippen LogP contribution in [0.1, 0.15) is 49.5 Å². The third kappa shape index (κ3) is 8.77. The number of carbonyl (C=O) groups is 2. The van der Waals surface area contributed by atoms with Crippen molar-refractivity contribution in [2.75, 3.05) is 57.9 Å². The van der Waals surface area contributed by atoms with E-state index in [0.717, 1.165) is 36.9 Å². The van der Waals surface area contributed by atoms with Crippen LogP contribution in [0.5, 0.6) is 23.0 Å². The van der Waals surface area contributed by atoms with Gasteiger partial charge in [-0.05, 0) is 99.8 Å². The second-order valence-corrected chi connectivity index (χ2v) is 18.7. The van der Waals surface area contributed by atoms with Crippen LogP contribution in [0.4, 0.5) is 27.7 Å². The molecule has 5 aromatic rings. The highest BCUT2D eigenvalue weighted by atomic mass is 31.2. The maximum Gasteiger partial charge on any atom is 0.324 e. The highest BCUT2D eigenvalue weighted by molar-refractivity contribution is 7.70. The standard InChI is InChI=1S/C43H51N6O6P/c1-43(2,3)27-23-35(40(54-6)38(24-27)56(7,8)52)49(42(44)51)34-15-16-36(32-12-10-9-11-31(32)34)55-30-17-20-45-39(26-30)46-29-13-14-33(37(25-29)53-5)41(50)47-28-18-21-48(4)22-19-28/h9-17,20,23-26,28H,18-19,21-22H2,1-8H3,(H2,44,51)(H,45,46)(H,47,50). The van der Waals surface area contributed by atoms with Gasteiger partial charge in [0.2, 0.25) is 0 Å². The van der Waals surface area contributed by atoms with Crippen molar-refractivity contribution in [3.63, 3.8) is 0 Å². The molecule has 1 fully saturated rings. The van der Waals surface area contributed by atoms with E-state index in [4.69, 9.17) is 19.9 Å². The number of nitrogens with one attached hydrogen (secondary N) is 2. The van der Waals surface area contributed by atoms with Crippen molar-refractivity contribution in [1.29, 1.82) is 0 Å². The summed E-state index contributed by atoms with van der Waals surface area (Å²) in [5, 5.41) is 8.40. The van der Waals surface area contributed by atoms with Gasteiger partial charge in [0, 0.05) is 40.8 Å². The number of likely N-dealkylation sites (tertiary alicyclic amines) is 1. The van der Waals surface area contributed by atoms with Crippen LogP contribution < -0.4 is 40.8 Å². The van der Waals surface area contributed by atoms with Crippen molar-refractivity contribution >= 4 is 58.0 Å². The van der Waals surface area contributed by atoms with E-state index in [9.17, 15) is 14.2 Å². The number of fused-ring (bicyclic) bond motifs is 1. The summed E-state index contributed by atoms with van der Waals surface area (Å²) in [6.45, 7) is 11.4. The van der Waals surface area contributed by atoms with E-state index >= 15 is 0 Å². The van der Waals surface area contributed by atoms with Gasteiger partial charge in [0.15, 0.2) is 5.75 Å². The minimum Gasteiger partial charge on any atom is -0.496 e. The number of aromatic nitrogens is 1. The van der Waals surface area contributed by atoms with E-state index in [1.165, 1.54) is 12.0 Å². The van der Waals surface area contributed by atoms with Crippen molar-refractivity contribution in [2.24, 2.45) is 5.73 Å². The van der Waals surface area contributed by atoms with E-state index in [2.05, 4.69) is 48.3 Å². The van der Waals surface area contributed by atoms with Gasteiger partial charge in [0.1, 0.15) is 30.2 Å². The van der Waals surface area contributed by atoms with Crippen molar-refractivity contribution < 1.29 is 28.4 Å². The number of nitrogens with two attached hydrogens (primary N) is 1. The molecule has 1 aliphatic rings. The molecule has 2 heterocycles. The molecule has 0 atom stereocenters. The number of anilines is 4. The first-order valence-electron chi connectivity index (χ1n) is 18.5. The molecule has 0 spiro atoms. The van der Waals surface area contributed by atoms with Crippen LogP contribution in [0.25, 0.3) is 10.8 Å². The number of rotatable bonds is 11. The molecule has 1 aromatic heterocycles. The fourth-order valence-electron chi connectivity index (χ4n) is 6.90. The van der Waals surface area contributed by atoms with Crippen molar-refractivity contribution in [3.05, 3.63) is 96.2 Å². The molecule has 0 bridgehead atoms. The lowest BCUT2D eigenvalue weighted by atomic mass is 9.86. The molecule has 1 saturated heterocycles. The van der Waals surface area contributed by atoms with Crippen LogP contribution in [0, 0.1) is 0 Å². The first-order valence-corrected chi connectivity index (χ1v) is 21.1. The van der Waals surface area contributed by atoms with E-state index in [0.29, 0.717) is 62.1 Å². The summed E-state index contributed by atoms with van der Waals surface area (Å²) in [6, 6.07) is 23.1. The molecule has 0 saturated carbocycles. The number of amides is 3.